The molecule has 0 saturated carbocycles. The van der Waals surface area contributed by atoms with Crippen LogP contribution < -0.4 is 0 Å². The van der Waals surface area contributed by atoms with Crippen molar-refractivity contribution in [3.05, 3.63) is 0 Å². The van der Waals surface area contributed by atoms with Gasteiger partial charge in [-0.1, -0.05) is 6.92 Å². The van der Waals surface area contributed by atoms with Crippen LogP contribution in [0.4, 0.5) is 0 Å². The third kappa shape index (κ3) is 1.51. The van der Waals surface area contributed by atoms with Crippen molar-refractivity contribution in [3.8, 4) is 6.07 Å². The van der Waals surface area contributed by atoms with Crippen LogP contribution in [0.5, 0.6) is 0 Å². The van der Waals surface area contributed by atoms with Gasteiger partial charge in [0.2, 0.25) is 5.91 Å². The Bertz CT molecular complexity index is 207. The number of nitrogens with zero attached hydrogens (tertiary/aromatic N) is 2. The molecule has 1 fully saturated rings. The number of hydrogen-bond donors (Lipinski definition) is 0. The lowest BCUT2D eigenvalue weighted by Gasteiger charge is -2.11. The molecule has 0 aromatic heterocycles. The van der Waals surface area contributed by atoms with Gasteiger partial charge in [-0.25, -0.2) is 0 Å². The molecule has 0 radical (unpaired) electrons. The molecule has 3 heteroatoms. The molecule has 60 valence electrons. The average Bonchev–Trinajstić information content (AvgIpc) is 2.31. The lowest BCUT2D eigenvalue weighted by Crippen LogP contribution is -2.25. The van der Waals surface area contributed by atoms with E-state index in [1.807, 2.05) is 6.92 Å². The SMILES string of the molecule is CC(=O)N1CC(C)C(C#N)C1. The molecule has 0 aliphatic carbocycles. The van der Waals surface area contributed by atoms with E-state index in [-0.39, 0.29) is 11.8 Å². The molecule has 11 heavy (non-hydrogen) atoms. The predicted molar refractivity (Wildman–Crippen MR) is 40.5 cm³/mol. The van der Waals surface area contributed by atoms with Crippen LogP contribution in [0.25, 0.3) is 0 Å². The van der Waals surface area contributed by atoms with E-state index >= 15 is 0 Å². The van der Waals surface area contributed by atoms with E-state index in [4.69, 9.17) is 5.26 Å². The summed E-state index contributed by atoms with van der Waals surface area (Å²) in [6.45, 7) is 4.92. The molecule has 1 aliphatic heterocycles. The minimum absolute atomic E-state index is 0.0406. The van der Waals surface area contributed by atoms with Gasteiger partial charge in [0, 0.05) is 20.0 Å². The quantitative estimate of drug-likeness (QED) is 0.511. The second kappa shape index (κ2) is 2.91. The minimum Gasteiger partial charge on any atom is -0.341 e. The first-order chi connectivity index (χ1) is 5.15. The van der Waals surface area contributed by atoms with Gasteiger partial charge in [-0.2, -0.15) is 5.26 Å². The Labute approximate surface area is 66.6 Å². The molecule has 3 nitrogen and oxygen atoms in total. The summed E-state index contributed by atoms with van der Waals surface area (Å²) in [5.41, 5.74) is 0. The van der Waals surface area contributed by atoms with Gasteiger partial charge in [-0.3, -0.25) is 4.79 Å². The molecular weight excluding hydrogens is 140 g/mol. The van der Waals surface area contributed by atoms with Crippen molar-refractivity contribution in [1.29, 1.82) is 5.26 Å². The normalized spacial score (nSPS) is 30.1. The van der Waals surface area contributed by atoms with Gasteiger partial charge >= 0.3 is 0 Å². The summed E-state index contributed by atoms with van der Waals surface area (Å²) in [5.74, 6) is 0.456. The zero-order valence-corrected chi connectivity index (χ0v) is 6.87. The monoisotopic (exact) mass is 152 g/mol. The third-order valence-electron chi connectivity index (χ3n) is 2.22. The van der Waals surface area contributed by atoms with Crippen molar-refractivity contribution >= 4 is 5.91 Å². The topological polar surface area (TPSA) is 44.1 Å². The Morgan fingerprint density at radius 2 is 2.27 bits per heavy atom. The Morgan fingerprint density at radius 1 is 1.64 bits per heavy atom. The van der Waals surface area contributed by atoms with Crippen molar-refractivity contribution in [2.24, 2.45) is 11.8 Å². The standard InChI is InChI=1S/C8H12N2O/c1-6-4-10(7(2)11)5-8(6)3-9/h6,8H,4-5H2,1-2H3. The van der Waals surface area contributed by atoms with Crippen molar-refractivity contribution < 1.29 is 4.79 Å². The molecule has 0 bridgehead atoms. The number of amides is 1. The van der Waals surface area contributed by atoms with Crippen LogP contribution >= 0.6 is 0 Å². The van der Waals surface area contributed by atoms with Crippen LogP contribution in [-0.4, -0.2) is 23.9 Å². The molecular formula is C8H12N2O. The summed E-state index contributed by atoms with van der Waals surface area (Å²) in [4.78, 5) is 12.6. The van der Waals surface area contributed by atoms with Crippen molar-refractivity contribution in [1.82, 2.24) is 4.90 Å². The molecule has 0 spiro atoms. The maximum atomic E-state index is 10.9. The van der Waals surface area contributed by atoms with Gasteiger partial charge in [0.05, 0.1) is 12.0 Å². The van der Waals surface area contributed by atoms with Gasteiger partial charge in [-0.05, 0) is 5.92 Å². The number of rotatable bonds is 0. The first-order valence-electron chi connectivity index (χ1n) is 3.80. The van der Waals surface area contributed by atoms with Crippen molar-refractivity contribution in [3.63, 3.8) is 0 Å². The first-order valence-corrected chi connectivity index (χ1v) is 3.80. The van der Waals surface area contributed by atoms with Gasteiger partial charge < -0.3 is 4.90 Å². The van der Waals surface area contributed by atoms with Crippen LogP contribution in [0, 0.1) is 23.2 Å². The van der Waals surface area contributed by atoms with Crippen molar-refractivity contribution in [2.75, 3.05) is 13.1 Å². The molecule has 1 heterocycles. The van der Waals surface area contributed by atoms with Crippen LogP contribution in [0.3, 0.4) is 0 Å². The fraction of sp³-hybridized carbons (Fsp3) is 0.750. The Morgan fingerprint density at radius 3 is 2.55 bits per heavy atom. The van der Waals surface area contributed by atoms with Gasteiger partial charge in [0.25, 0.3) is 0 Å². The number of likely N-dealkylation sites (tertiary alicyclic amines) is 1. The second-order valence-corrected chi connectivity index (χ2v) is 3.14. The maximum Gasteiger partial charge on any atom is 0.219 e. The number of carbonyl (C=O) groups excluding carboxylic acids is 1. The van der Waals surface area contributed by atoms with E-state index in [0.29, 0.717) is 12.5 Å². The molecule has 0 aromatic carbocycles. The zero-order chi connectivity index (χ0) is 8.43. The van der Waals surface area contributed by atoms with E-state index in [9.17, 15) is 4.79 Å². The summed E-state index contributed by atoms with van der Waals surface area (Å²) in [5, 5.41) is 8.65. The Balaban J connectivity index is 2.58. The van der Waals surface area contributed by atoms with Crippen LogP contribution in [0.1, 0.15) is 13.8 Å². The largest absolute Gasteiger partial charge is 0.341 e. The molecule has 0 N–H and O–H groups in total. The van der Waals surface area contributed by atoms with Gasteiger partial charge in [-0.15, -0.1) is 0 Å². The Hall–Kier alpha value is -1.04. The van der Waals surface area contributed by atoms with Crippen LogP contribution in [0.2, 0.25) is 0 Å². The fourth-order valence-electron chi connectivity index (χ4n) is 1.39. The molecule has 2 atom stereocenters. The molecule has 1 amide bonds. The molecule has 1 saturated heterocycles. The lowest BCUT2D eigenvalue weighted by atomic mass is 10.0. The highest BCUT2D eigenvalue weighted by Gasteiger charge is 2.30. The molecule has 1 aliphatic rings. The van der Waals surface area contributed by atoms with Gasteiger partial charge in [0.1, 0.15) is 0 Å². The average molecular weight is 152 g/mol. The molecule has 0 aromatic rings. The highest BCUT2D eigenvalue weighted by molar-refractivity contribution is 5.73. The fourth-order valence-corrected chi connectivity index (χ4v) is 1.39. The first kappa shape index (κ1) is 8.06. The van der Waals surface area contributed by atoms with Crippen LogP contribution in [0.15, 0.2) is 0 Å². The summed E-state index contributed by atoms with van der Waals surface area (Å²) in [7, 11) is 0. The van der Waals surface area contributed by atoms with E-state index in [0.717, 1.165) is 6.54 Å². The maximum absolute atomic E-state index is 10.9. The van der Waals surface area contributed by atoms with E-state index in [1.165, 1.54) is 0 Å². The lowest BCUT2D eigenvalue weighted by molar-refractivity contribution is -0.127. The Kier molecular flexibility index (Phi) is 2.13. The smallest absolute Gasteiger partial charge is 0.219 e. The van der Waals surface area contributed by atoms with E-state index in [1.54, 1.807) is 11.8 Å². The highest BCUT2D eigenvalue weighted by atomic mass is 16.2. The third-order valence-corrected chi connectivity index (χ3v) is 2.22. The summed E-state index contributed by atoms with van der Waals surface area (Å²) >= 11 is 0. The number of carbonyl (C=O) groups is 1. The summed E-state index contributed by atoms with van der Waals surface area (Å²) in [6, 6.07) is 2.20. The van der Waals surface area contributed by atoms with Crippen molar-refractivity contribution in [2.45, 2.75) is 13.8 Å². The number of nitriles is 1. The van der Waals surface area contributed by atoms with E-state index in [2.05, 4.69) is 6.07 Å². The van der Waals surface area contributed by atoms with E-state index < -0.39 is 0 Å². The minimum atomic E-state index is 0.0406. The second-order valence-electron chi connectivity index (χ2n) is 3.14. The summed E-state index contributed by atoms with van der Waals surface area (Å²) < 4.78 is 0. The number of hydrogen-bond acceptors (Lipinski definition) is 2. The van der Waals surface area contributed by atoms with Crippen LogP contribution in [-0.2, 0) is 4.79 Å². The predicted octanol–water partition coefficient (Wildman–Crippen LogP) is 0.624. The summed E-state index contributed by atoms with van der Waals surface area (Å²) in [6.07, 6.45) is 0. The molecule has 2 unspecified atom stereocenters. The highest BCUT2D eigenvalue weighted by Crippen LogP contribution is 2.21. The van der Waals surface area contributed by atoms with Gasteiger partial charge in [0.15, 0.2) is 0 Å². The molecule has 1 rings (SSSR count). The zero-order valence-electron chi connectivity index (χ0n) is 6.87.